The monoisotopic (exact) mass is 156 g/mol. The van der Waals surface area contributed by atoms with Crippen molar-refractivity contribution in [2.45, 2.75) is 6.11 Å². The molecule has 0 aromatic rings. The van der Waals surface area contributed by atoms with E-state index in [-0.39, 0.29) is 20.3 Å². The third kappa shape index (κ3) is 3.88. The standard InChI is InChI=1S/C3HF5O.Li.H/c4-1(2(5)6)3(7,8)9;;/h9H;;/q;+1;-1. The Morgan fingerprint density at radius 3 is 1.50 bits per heavy atom. The number of hydrogen-bond acceptors (Lipinski definition) is 1. The van der Waals surface area contributed by atoms with Crippen molar-refractivity contribution >= 4 is 0 Å². The minimum absolute atomic E-state index is 0. The van der Waals surface area contributed by atoms with E-state index in [1.54, 1.807) is 0 Å². The average molecular weight is 156 g/mol. The molecule has 0 atom stereocenters. The Hall–Kier alpha value is -0.0526. The van der Waals surface area contributed by atoms with Crippen LogP contribution in [0, 0.1) is 0 Å². The summed E-state index contributed by atoms with van der Waals surface area (Å²) in [4.78, 5) is 0. The van der Waals surface area contributed by atoms with Gasteiger partial charge in [-0.05, 0) is 0 Å². The van der Waals surface area contributed by atoms with Crippen LogP contribution in [0.1, 0.15) is 1.43 Å². The van der Waals surface area contributed by atoms with E-state index in [9.17, 15) is 22.0 Å². The molecule has 1 N–H and O–H groups in total. The molecule has 0 spiro atoms. The molecule has 10 heavy (non-hydrogen) atoms. The smallest absolute Gasteiger partial charge is 1.00 e. The maximum absolute atomic E-state index is 11.2. The summed E-state index contributed by atoms with van der Waals surface area (Å²) in [5.74, 6) is -3.11. The van der Waals surface area contributed by atoms with Gasteiger partial charge in [-0.25, -0.2) is 0 Å². The molecular weight excluding hydrogens is 154 g/mol. The molecule has 0 bridgehead atoms. The third-order valence-electron chi connectivity index (χ3n) is 0.430. The van der Waals surface area contributed by atoms with E-state index in [2.05, 4.69) is 0 Å². The molecule has 0 aromatic heterocycles. The zero-order valence-electron chi connectivity index (χ0n) is 5.84. The molecule has 0 aliphatic rings. The van der Waals surface area contributed by atoms with Crippen LogP contribution < -0.4 is 18.9 Å². The van der Waals surface area contributed by atoms with Crippen LogP contribution in [0.4, 0.5) is 22.0 Å². The molecule has 0 saturated heterocycles. The predicted molar refractivity (Wildman–Crippen MR) is 18.6 cm³/mol. The van der Waals surface area contributed by atoms with Crippen molar-refractivity contribution < 1.29 is 47.3 Å². The molecule has 0 amide bonds. The fourth-order valence-corrected chi connectivity index (χ4v) is 0.114. The van der Waals surface area contributed by atoms with E-state index >= 15 is 0 Å². The van der Waals surface area contributed by atoms with Gasteiger partial charge >= 0.3 is 31.0 Å². The van der Waals surface area contributed by atoms with Gasteiger partial charge in [0, 0.05) is 0 Å². The van der Waals surface area contributed by atoms with Crippen molar-refractivity contribution in [2.75, 3.05) is 0 Å². The van der Waals surface area contributed by atoms with Gasteiger partial charge in [0.15, 0.2) is 0 Å². The summed E-state index contributed by atoms with van der Waals surface area (Å²) in [5.41, 5.74) is 0. The maximum atomic E-state index is 11.2. The van der Waals surface area contributed by atoms with Crippen LogP contribution in [0.25, 0.3) is 0 Å². The summed E-state index contributed by atoms with van der Waals surface area (Å²) < 4.78 is 54.8. The summed E-state index contributed by atoms with van der Waals surface area (Å²) in [6.45, 7) is 0. The van der Waals surface area contributed by atoms with Crippen LogP contribution in [-0.4, -0.2) is 11.2 Å². The minimum Gasteiger partial charge on any atom is -1.00 e. The van der Waals surface area contributed by atoms with Gasteiger partial charge in [-0.15, -0.1) is 0 Å². The molecule has 0 heterocycles. The van der Waals surface area contributed by atoms with E-state index in [4.69, 9.17) is 5.11 Å². The largest absolute Gasteiger partial charge is 1.00 e. The first kappa shape index (κ1) is 12.6. The Kier molecular flexibility index (Phi) is 4.99. The minimum atomic E-state index is -5.06. The second-order valence-corrected chi connectivity index (χ2v) is 1.12. The molecule has 0 unspecified atom stereocenters. The molecule has 0 aliphatic carbocycles. The van der Waals surface area contributed by atoms with Gasteiger partial charge in [-0.3, -0.25) is 0 Å². The van der Waals surface area contributed by atoms with Crippen LogP contribution >= 0.6 is 0 Å². The molecule has 0 aromatic carbocycles. The van der Waals surface area contributed by atoms with Gasteiger partial charge < -0.3 is 6.53 Å². The Morgan fingerprint density at radius 1 is 1.20 bits per heavy atom. The van der Waals surface area contributed by atoms with E-state index in [1.807, 2.05) is 0 Å². The van der Waals surface area contributed by atoms with Crippen LogP contribution in [0.2, 0.25) is 0 Å². The van der Waals surface area contributed by atoms with Gasteiger partial charge in [-0.1, -0.05) is 0 Å². The first-order chi connectivity index (χ1) is 3.85. The Morgan fingerprint density at radius 2 is 1.50 bits per heavy atom. The molecule has 0 saturated carbocycles. The molecule has 0 radical (unpaired) electrons. The topological polar surface area (TPSA) is 20.2 Å². The van der Waals surface area contributed by atoms with Gasteiger partial charge in [0.1, 0.15) is 0 Å². The predicted octanol–water partition coefficient (Wildman–Crippen LogP) is -1.23. The Labute approximate surface area is 66.2 Å². The number of alkyl halides is 2. The van der Waals surface area contributed by atoms with Crippen molar-refractivity contribution in [3.05, 3.63) is 11.9 Å². The number of rotatable bonds is 1. The van der Waals surface area contributed by atoms with Crippen LogP contribution in [0.5, 0.6) is 0 Å². The van der Waals surface area contributed by atoms with Crippen LogP contribution in [0.15, 0.2) is 11.9 Å². The quantitative estimate of drug-likeness (QED) is 0.372. The fraction of sp³-hybridized carbons (Fsp3) is 0.333. The van der Waals surface area contributed by atoms with Crippen LogP contribution in [0.3, 0.4) is 0 Å². The average Bonchev–Trinajstić information content (AvgIpc) is 1.62. The van der Waals surface area contributed by atoms with Crippen molar-refractivity contribution in [1.82, 2.24) is 0 Å². The third-order valence-corrected chi connectivity index (χ3v) is 0.430. The van der Waals surface area contributed by atoms with E-state index in [1.165, 1.54) is 0 Å². The second-order valence-electron chi connectivity index (χ2n) is 1.12. The number of halogens is 5. The summed E-state index contributed by atoms with van der Waals surface area (Å²) in [5, 5.41) is 7.21. The van der Waals surface area contributed by atoms with Crippen LogP contribution in [-0.2, 0) is 0 Å². The molecule has 0 aliphatic heterocycles. The second kappa shape index (κ2) is 3.96. The molecule has 0 fully saturated rings. The Bertz CT molecular complexity index is 139. The van der Waals surface area contributed by atoms with E-state index in [0.29, 0.717) is 0 Å². The van der Waals surface area contributed by atoms with Crippen molar-refractivity contribution in [3.63, 3.8) is 0 Å². The van der Waals surface area contributed by atoms with Crippen molar-refractivity contribution in [1.29, 1.82) is 0 Å². The van der Waals surface area contributed by atoms with E-state index in [0.717, 1.165) is 0 Å². The van der Waals surface area contributed by atoms with Gasteiger partial charge in [-0.2, -0.15) is 22.0 Å². The maximum Gasteiger partial charge on any atom is 1.00 e. The zero-order valence-corrected chi connectivity index (χ0v) is 4.84. The molecule has 0 rings (SSSR count). The molecule has 1 nitrogen and oxygen atoms in total. The van der Waals surface area contributed by atoms with Crippen molar-refractivity contribution in [2.24, 2.45) is 0 Å². The summed E-state index contributed by atoms with van der Waals surface area (Å²) in [6.07, 6.45) is -8.28. The zero-order chi connectivity index (χ0) is 7.65. The first-order valence-corrected chi connectivity index (χ1v) is 1.67. The molecule has 7 heteroatoms. The first-order valence-electron chi connectivity index (χ1n) is 1.67. The summed E-state index contributed by atoms with van der Waals surface area (Å²) >= 11 is 0. The van der Waals surface area contributed by atoms with Crippen molar-refractivity contribution in [3.8, 4) is 0 Å². The number of aliphatic hydroxyl groups is 1. The summed E-state index contributed by atoms with van der Waals surface area (Å²) in [7, 11) is 0. The van der Waals surface area contributed by atoms with Gasteiger partial charge in [0.05, 0.1) is 0 Å². The van der Waals surface area contributed by atoms with E-state index < -0.39 is 18.0 Å². The Balaban J connectivity index is -0.000000320. The molecular formula is C3H2F5LiO. The normalized spacial score (nSPS) is 10.2. The SMILES string of the molecule is OC(F)(F)C(F)=C(F)F.[H-].[Li+]. The van der Waals surface area contributed by atoms with Gasteiger partial charge in [0.2, 0.25) is 0 Å². The fourth-order valence-electron chi connectivity index (χ4n) is 0.114. The molecule has 56 valence electrons. The summed E-state index contributed by atoms with van der Waals surface area (Å²) in [6, 6.07) is 0. The number of hydrogen-bond donors (Lipinski definition) is 1. The van der Waals surface area contributed by atoms with Gasteiger partial charge in [0.25, 0.3) is 5.83 Å².